The summed E-state index contributed by atoms with van der Waals surface area (Å²) in [5, 5.41) is 12.2. The molecular weight excluding hydrogens is 464 g/mol. The summed E-state index contributed by atoms with van der Waals surface area (Å²) in [5.74, 6) is 0.920. The maximum absolute atomic E-state index is 11.9. The van der Waals surface area contributed by atoms with Crippen molar-refractivity contribution in [1.29, 1.82) is 0 Å². The molecule has 0 atom stereocenters. The number of benzene rings is 2. The van der Waals surface area contributed by atoms with Crippen LogP contribution >= 0.6 is 50.8 Å². The molecule has 0 bridgehead atoms. The lowest BCUT2D eigenvalue weighted by molar-refractivity contribution is -0.118. The van der Waals surface area contributed by atoms with Gasteiger partial charge in [0.25, 0.3) is 5.91 Å². The highest BCUT2D eigenvalue weighted by Crippen LogP contribution is 2.30. The number of carbonyl (C=O) groups excluding carboxylic acids is 1. The molecule has 1 aromatic heterocycles. The van der Waals surface area contributed by atoms with E-state index < -0.39 is 0 Å². The van der Waals surface area contributed by atoms with Crippen LogP contribution in [0.3, 0.4) is 0 Å². The van der Waals surface area contributed by atoms with E-state index >= 15 is 0 Å². The number of hydrogen-bond acceptors (Lipinski definition) is 7. The molecule has 27 heavy (non-hydrogen) atoms. The van der Waals surface area contributed by atoms with Gasteiger partial charge in [-0.1, -0.05) is 93.3 Å². The van der Waals surface area contributed by atoms with Crippen molar-refractivity contribution in [1.82, 2.24) is 15.6 Å². The standard InChI is InChI=1S/C18H15BrN4OS3/c19-15-8-6-13(7-9-15)10-20-21-16(24)12-26-18-23-22-17(27-18)25-11-14-4-2-1-3-5-14/h1-10H,11-12H2,(H,21,24). The summed E-state index contributed by atoms with van der Waals surface area (Å²) >= 11 is 7.88. The number of aromatic nitrogens is 2. The number of halogens is 1. The minimum atomic E-state index is -0.179. The van der Waals surface area contributed by atoms with Crippen molar-refractivity contribution in [2.45, 2.75) is 14.4 Å². The Bertz CT molecular complexity index is 900. The van der Waals surface area contributed by atoms with Gasteiger partial charge in [-0.2, -0.15) is 5.10 Å². The van der Waals surface area contributed by atoms with Crippen LogP contribution in [0.15, 0.2) is 72.9 Å². The maximum Gasteiger partial charge on any atom is 0.250 e. The van der Waals surface area contributed by atoms with Crippen molar-refractivity contribution in [3.05, 3.63) is 70.2 Å². The first kappa shape index (κ1) is 20.1. The average molecular weight is 479 g/mol. The first-order valence-electron chi connectivity index (χ1n) is 7.89. The van der Waals surface area contributed by atoms with Gasteiger partial charge in [0.15, 0.2) is 8.68 Å². The van der Waals surface area contributed by atoms with Crippen molar-refractivity contribution in [3.63, 3.8) is 0 Å². The molecule has 0 aliphatic heterocycles. The Morgan fingerprint density at radius 2 is 1.78 bits per heavy atom. The highest BCUT2D eigenvalue weighted by molar-refractivity contribution is 9.10. The molecule has 9 heteroatoms. The second-order valence-corrected chi connectivity index (χ2v) is 9.58. The lowest BCUT2D eigenvalue weighted by Crippen LogP contribution is -2.19. The van der Waals surface area contributed by atoms with Gasteiger partial charge in [-0.15, -0.1) is 10.2 Å². The Labute approximate surface area is 178 Å². The molecule has 0 radical (unpaired) electrons. The molecule has 0 aliphatic carbocycles. The summed E-state index contributed by atoms with van der Waals surface area (Å²) in [7, 11) is 0. The number of rotatable bonds is 8. The van der Waals surface area contributed by atoms with Gasteiger partial charge >= 0.3 is 0 Å². The Kier molecular flexibility index (Phi) is 7.88. The van der Waals surface area contributed by atoms with E-state index in [0.717, 1.165) is 24.5 Å². The fraction of sp³-hybridized carbons (Fsp3) is 0.111. The molecule has 0 unspecified atom stereocenters. The SMILES string of the molecule is O=C(CSc1nnc(SCc2ccccc2)s1)NN=Cc1ccc(Br)cc1. The van der Waals surface area contributed by atoms with E-state index in [1.54, 1.807) is 18.0 Å². The summed E-state index contributed by atoms with van der Waals surface area (Å²) in [6, 6.07) is 17.9. The molecule has 3 rings (SSSR count). The molecule has 1 heterocycles. The van der Waals surface area contributed by atoms with Gasteiger partial charge in [-0.3, -0.25) is 4.79 Å². The fourth-order valence-corrected chi connectivity index (χ4v) is 4.95. The van der Waals surface area contributed by atoms with Gasteiger partial charge in [-0.05, 0) is 23.3 Å². The van der Waals surface area contributed by atoms with Crippen molar-refractivity contribution >= 4 is 62.9 Å². The van der Waals surface area contributed by atoms with E-state index in [9.17, 15) is 4.79 Å². The first-order valence-corrected chi connectivity index (χ1v) is 11.5. The van der Waals surface area contributed by atoms with Crippen LogP contribution in [-0.2, 0) is 10.5 Å². The molecule has 3 aromatic rings. The van der Waals surface area contributed by atoms with Crippen molar-refractivity contribution < 1.29 is 4.79 Å². The number of nitrogens with one attached hydrogen (secondary N) is 1. The van der Waals surface area contributed by atoms with Crippen LogP contribution in [0.2, 0.25) is 0 Å². The van der Waals surface area contributed by atoms with Crippen molar-refractivity contribution in [2.24, 2.45) is 5.10 Å². The lowest BCUT2D eigenvalue weighted by atomic mass is 10.2. The smallest absolute Gasteiger partial charge is 0.250 e. The van der Waals surface area contributed by atoms with Crippen LogP contribution < -0.4 is 5.43 Å². The monoisotopic (exact) mass is 478 g/mol. The molecule has 5 nitrogen and oxygen atoms in total. The molecule has 0 aliphatic rings. The topological polar surface area (TPSA) is 67.2 Å². The zero-order chi connectivity index (χ0) is 18.9. The zero-order valence-corrected chi connectivity index (χ0v) is 18.1. The number of hydrazone groups is 1. The van der Waals surface area contributed by atoms with Crippen molar-refractivity contribution in [2.75, 3.05) is 5.75 Å². The van der Waals surface area contributed by atoms with E-state index in [0.29, 0.717) is 0 Å². The number of thioether (sulfide) groups is 2. The minimum absolute atomic E-state index is 0.179. The minimum Gasteiger partial charge on any atom is -0.272 e. The Morgan fingerprint density at radius 3 is 2.52 bits per heavy atom. The predicted molar refractivity (Wildman–Crippen MR) is 117 cm³/mol. The van der Waals surface area contributed by atoms with Crippen LogP contribution in [0.1, 0.15) is 11.1 Å². The summed E-state index contributed by atoms with van der Waals surface area (Å²) in [6.07, 6.45) is 1.61. The van der Waals surface area contributed by atoms with E-state index in [-0.39, 0.29) is 11.7 Å². The second-order valence-electron chi connectivity index (χ2n) is 5.24. The van der Waals surface area contributed by atoms with Crippen molar-refractivity contribution in [3.8, 4) is 0 Å². The third kappa shape index (κ3) is 7.10. The Balaban J connectivity index is 1.40. The van der Waals surface area contributed by atoms with Gasteiger partial charge in [0, 0.05) is 10.2 Å². The summed E-state index contributed by atoms with van der Waals surface area (Å²) in [4.78, 5) is 11.9. The zero-order valence-electron chi connectivity index (χ0n) is 14.0. The third-order valence-corrected chi connectivity index (χ3v) is 6.98. The van der Waals surface area contributed by atoms with Crippen LogP contribution in [0.4, 0.5) is 0 Å². The molecule has 0 saturated heterocycles. The maximum atomic E-state index is 11.9. The van der Waals surface area contributed by atoms with Gasteiger partial charge in [0.1, 0.15) is 0 Å². The van der Waals surface area contributed by atoms with Crippen LogP contribution in [0.5, 0.6) is 0 Å². The highest BCUT2D eigenvalue weighted by atomic mass is 79.9. The van der Waals surface area contributed by atoms with E-state index in [4.69, 9.17) is 0 Å². The predicted octanol–water partition coefficient (Wildman–Crippen LogP) is 4.84. The number of carbonyl (C=O) groups is 1. The Morgan fingerprint density at radius 1 is 1.07 bits per heavy atom. The normalized spacial score (nSPS) is 11.0. The molecule has 0 saturated carbocycles. The van der Waals surface area contributed by atoms with Gasteiger partial charge in [0.05, 0.1) is 12.0 Å². The van der Waals surface area contributed by atoms with Crippen LogP contribution in [0.25, 0.3) is 0 Å². The summed E-state index contributed by atoms with van der Waals surface area (Å²) in [6.45, 7) is 0. The second kappa shape index (κ2) is 10.6. The van der Waals surface area contributed by atoms with E-state index in [1.807, 2.05) is 42.5 Å². The quantitative estimate of drug-likeness (QED) is 0.285. The Hall–Kier alpha value is -1.68. The van der Waals surface area contributed by atoms with E-state index in [1.165, 1.54) is 28.7 Å². The average Bonchev–Trinajstić information content (AvgIpc) is 3.15. The molecule has 1 N–H and O–H groups in total. The number of hydrogen-bond donors (Lipinski definition) is 1. The molecule has 2 aromatic carbocycles. The molecule has 138 valence electrons. The van der Waals surface area contributed by atoms with Gasteiger partial charge in [-0.25, -0.2) is 5.43 Å². The third-order valence-electron chi connectivity index (χ3n) is 3.19. The first-order chi connectivity index (χ1) is 13.2. The summed E-state index contributed by atoms with van der Waals surface area (Å²) in [5.41, 5.74) is 4.68. The molecular formula is C18H15BrN4OS3. The highest BCUT2D eigenvalue weighted by Gasteiger charge is 2.08. The number of nitrogens with zero attached hydrogens (tertiary/aromatic N) is 3. The fourth-order valence-electron chi connectivity index (χ4n) is 1.92. The molecule has 0 spiro atoms. The lowest BCUT2D eigenvalue weighted by Gasteiger charge is -1.98. The van der Waals surface area contributed by atoms with Crippen LogP contribution in [0, 0.1) is 0 Å². The molecule has 0 fully saturated rings. The number of amides is 1. The largest absolute Gasteiger partial charge is 0.272 e. The van der Waals surface area contributed by atoms with Gasteiger partial charge < -0.3 is 0 Å². The van der Waals surface area contributed by atoms with Gasteiger partial charge in [0.2, 0.25) is 0 Å². The van der Waals surface area contributed by atoms with Crippen LogP contribution in [-0.4, -0.2) is 28.1 Å². The van der Waals surface area contributed by atoms with E-state index in [2.05, 4.69) is 48.8 Å². The summed E-state index contributed by atoms with van der Waals surface area (Å²) < 4.78 is 2.67. The molecule has 1 amide bonds.